The van der Waals surface area contributed by atoms with Gasteiger partial charge in [0, 0.05) is 41.8 Å². The van der Waals surface area contributed by atoms with Gasteiger partial charge in [0.15, 0.2) is 0 Å². The first-order valence-corrected chi connectivity index (χ1v) is 9.64. The molecule has 0 aliphatic heterocycles. The van der Waals surface area contributed by atoms with Gasteiger partial charge < -0.3 is 9.47 Å². The second kappa shape index (κ2) is 13.1. The van der Waals surface area contributed by atoms with E-state index in [0.29, 0.717) is 11.1 Å². The molecule has 2 rings (SSSR count). The number of ether oxygens (including phenoxy) is 2. The van der Waals surface area contributed by atoms with Gasteiger partial charge in [-0.2, -0.15) is 0 Å². The van der Waals surface area contributed by atoms with Crippen molar-refractivity contribution < 1.29 is 18.7 Å². The minimum Gasteiger partial charge on any atom is -0.466 e. The van der Waals surface area contributed by atoms with Crippen LogP contribution in [0.3, 0.4) is 0 Å². The number of carbonyl (C=O) groups is 1. The first kappa shape index (κ1) is 24.8. The molecule has 0 N–H and O–H groups in total. The molecule has 1 aromatic heterocycles. The summed E-state index contributed by atoms with van der Waals surface area (Å²) in [4.78, 5) is 16.4. The third kappa shape index (κ3) is 6.68. The number of hydrogen-bond donors (Lipinski definition) is 0. The van der Waals surface area contributed by atoms with Gasteiger partial charge in [-0.15, -0.1) is 0 Å². The number of pyridine rings is 1. The fourth-order valence-corrected chi connectivity index (χ4v) is 2.79. The maximum Gasteiger partial charge on any atom is 0.334 e. The van der Waals surface area contributed by atoms with Crippen LogP contribution >= 0.6 is 0 Å². The van der Waals surface area contributed by atoms with Gasteiger partial charge in [-0.25, -0.2) is 9.18 Å². The molecule has 1 heterocycles. The zero-order valence-electron chi connectivity index (χ0n) is 18.4. The van der Waals surface area contributed by atoms with Crippen LogP contribution in [-0.4, -0.2) is 31.8 Å². The van der Waals surface area contributed by atoms with E-state index in [0.717, 1.165) is 22.3 Å². The number of benzene rings is 1. The fourth-order valence-electron chi connectivity index (χ4n) is 2.79. The smallest absolute Gasteiger partial charge is 0.334 e. The average Bonchev–Trinajstić information content (AvgIpc) is 2.79. The van der Waals surface area contributed by atoms with Crippen LogP contribution in [0.2, 0.25) is 0 Å². The Labute approximate surface area is 178 Å². The summed E-state index contributed by atoms with van der Waals surface area (Å²) in [5.74, 6) is 5.20. The zero-order chi connectivity index (χ0) is 22.5. The fraction of sp³-hybridized carbons (Fsp3) is 0.280. The summed E-state index contributed by atoms with van der Waals surface area (Å²) in [6, 6.07) is 9.70. The van der Waals surface area contributed by atoms with Crippen LogP contribution in [0.15, 0.2) is 59.9 Å². The van der Waals surface area contributed by atoms with E-state index in [4.69, 9.17) is 9.47 Å². The van der Waals surface area contributed by atoms with Crippen molar-refractivity contribution in [3.05, 3.63) is 76.9 Å². The Morgan fingerprint density at radius 3 is 2.07 bits per heavy atom. The average molecular weight is 410 g/mol. The van der Waals surface area contributed by atoms with Gasteiger partial charge in [-0.3, -0.25) is 4.98 Å². The molecule has 158 valence electrons. The van der Waals surface area contributed by atoms with Gasteiger partial charge in [0.2, 0.25) is 0 Å². The third-order valence-electron chi connectivity index (χ3n) is 4.09. The first-order chi connectivity index (χ1) is 14.5. The highest BCUT2D eigenvalue weighted by Crippen LogP contribution is 2.36. The Morgan fingerprint density at radius 1 is 0.967 bits per heavy atom. The second-order valence-corrected chi connectivity index (χ2v) is 5.97. The third-order valence-corrected chi connectivity index (χ3v) is 4.09. The van der Waals surface area contributed by atoms with Crippen molar-refractivity contribution in [1.82, 2.24) is 4.98 Å². The van der Waals surface area contributed by atoms with Crippen LogP contribution in [0.1, 0.15) is 38.8 Å². The molecule has 0 saturated heterocycles. The maximum atomic E-state index is 13.5. The Hall–Kier alpha value is -3.23. The molecule has 0 fully saturated rings. The standard InChI is InChI=1S/C23H22FNO3.C2H6/c1-16(6-5-15-27-3)21(18-7-9-20(24)10-8-18)22(17(2)23(26)28-4)19-11-13-25-14-12-19;1-2/h7-14H,15H2,1-4H3;1-2H3/b21-16+,22-17+;. The molecule has 0 spiro atoms. The quantitative estimate of drug-likeness (QED) is 0.290. The number of carbonyl (C=O) groups excluding carboxylic acids is 1. The summed E-state index contributed by atoms with van der Waals surface area (Å²) in [7, 11) is 2.90. The zero-order valence-corrected chi connectivity index (χ0v) is 18.4. The first-order valence-electron chi connectivity index (χ1n) is 9.64. The van der Waals surface area contributed by atoms with E-state index < -0.39 is 5.97 Å². The van der Waals surface area contributed by atoms with Gasteiger partial charge >= 0.3 is 5.97 Å². The van der Waals surface area contributed by atoms with Crippen molar-refractivity contribution in [2.75, 3.05) is 20.8 Å². The SMILES string of the molecule is CC.COCC#C/C(C)=C(/C(=C(\C)C(=O)OC)c1ccncc1)c1ccc(F)cc1. The minimum absolute atomic E-state index is 0.276. The molecule has 5 heteroatoms. The van der Waals surface area contributed by atoms with Crippen molar-refractivity contribution in [2.24, 2.45) is 0 Å². The maximum absolute atomic E-state index is 13.5. The minimum atomic E-state index is -0.455. The van der Waals surface area contributed by atoms with Crippen molar-refractivity contribution >= 4 is 17.1 Å². The largest absolute Gasteiger partial charge is 0.466 e. The lowest BCUT2D eigenvalue weighted by Gasteiger charge is -2.18. The molecular weight excluding hydrogens is 381 g/mol. The second-order valence-electron chi connectivity index (χ2n) is 5.97. The van der Waals surface area contributed by atoms with E-state index in [1.54, 1.807) is 50.7 Å². The number of nitrogens with zero attached hydrogens (tertiary/aromatic N) is 1. The summed E-state index contributed by atoms with van der Waals surface area (Å²) in [6.45, 7) is 7.83. The van der Waals surface area contributed by atoms with E-state index in [2.05, 4.69) is 16.8 Å². The lowest BCUT2D eigenvalue weighted by atomic mass is 9.86. The monoisotopic (exact) mass is 409 g/mol. The predicted octanol–water partition coefficient (Wildman–Crippen LogP) is 5.32. The van der Waals surface area contributed by atoms with E-state index in [1.165, 1.54) is 19.2 Å². The summed E-state index contributed by atoms with van der Waals surface area (Å²) in [6.07, 6.45) is 3.29. The summed E-state index contributed by atoms with van der Waals surface area (Å²) < 4.78 is 23.5. The summed E-state index contributed by atoms with van der Waals surface area (Å²) in [5, 5.41) is 0. The highest BCUT2D eigenvalue weighted by Gasteiger charge is 2.20. The molecule has 0 amide bonds. The van der Waals surface area contributed by atoms with E-state index in [-0.39, 0.29) is 12.4 Å². The Balaban J connectivity index is 0.00000218. The number of aromatic nitrogens is 1. The van der Waals surface area contributed by atoms with Crippen LogP contribution < -0.4 is 0 Å². The molecule has 1 aromatic carbocycles. The van der Waals surface area contributed by atoms with Crippen LogP contribution in [0, 0.1) is 17.7 Å². The number of rotatable bonds is 5. The Kier molecular flexibility index (Phi) is 10.8. The Morgan fingerprint density at radius 2 is 1.53 bits per heavy atom. The number of allylic oxidation sites excluding steroid dienone is 3. The molecule has 0 bridgehead atoms. The lowest BCUT2D eigenvalue weighted by molar-refractivity contribution is -0.135. The number of hydrogen-bond acceptors (Lipinski definition) is 4. The van der Waals surface area contributed by atoms with Crippen LogP contribution in [-0.2, 0) is 14.3 Å². The molecule has 2 aromatic rings. The summed E-state index contributed by atoms with van der Waals surface area (Å²) >= 11 is 0. The molecule has 0 atom stereocenters. The van der Waals surface area contributed by atoms with Gasteiger partial charge in [-0.1, -0.05) is 37.8 Å². The van der Waals surface area contributed by atoms with Crippen molar-refractivity contribution in [2.45, 2.75) is 27.7 Å². The van der Waals surface area contributed by atoms with Crippen molar-refractivity contribution in [3.63, 3.8) is 0 Å². The molecule has 0 saturated carbocycles. The van der Waals surface area contributed by atoms with Gasteiger partial charge in [0.1, 0.15) is 12.4 Å². The van der Waals surface area contributed by atoms with Gasteiger partial charge in [0.05, 0.1) is 7.11 Å². The lowest BCUT2D eigenvalue weighted by Crippen LogP contribution is -2.07. The molecule has 0 aliphatic carbocycles. The molecule has 4 nitrogen and oxygen atoms in total. The van der Waals surface area contributed by atoms with Gasteiger partial charge in [-0.05, 0) is 49.2 Å². The van der Waals surface area contributed by atoms with Crippen LogP contribution in [0.5, 0.6) is 0 Å². The molecule has 30 heavy (non-hydrogen) atoms. The van der Waals surface area contributed by atoms with Crippen molar-refractivity contribution in [1.29, 1.82) is 0 Å². The van der Waals surface area contributed by atoms with E-state index in [9.17, 15) is 9.18 Å². The molecule has 0 radical (unpaired) electrons. The highest BCUT2D eigenvalue weighted by atomic mass is 19.1. The number of halogens is 1. The van der Waals surface area contributed by atoms with Crippen LogP contribution in [0.4, 0.5) is 4.39 Å². The number of methoxy groups -OCH3 is 2. The van der Waals surface area contributed by atoms with Crippen LogP contribution in [0.25, 0.3) is 11.1 Å². The topological polar surface area (TPSA) is 48.4 Å². The normalized spacial score (nSPS) is 11.7. The Bertz CT molecular complexity index is 949. The molecular formula is C25H28FNO3. The predicted molar refractivity (Wildman–Crippen MR) is 119 cm³/mol. The molecule has 0 unspecified atom stereocenters. The number of esters is 1. The summed E-state index contributed by atoms with van der Waals surface area (Å²) in [5.41, 5.74) is 4.04. The van der Waals surface area contributed by atoms with Gasteiger partial charge in [0.25, 0.3) is 0 Å². The van der Waals surface area contributed by atoms with E-state index in [1.807, 2.05) is 20.8 Å². The van der Waals surface area contributed by atoms with E-state index >= 15 is 0 Å². The molecule has 0 aliphatic rings. The van der Waals surface area contributed by atoms with Crippen molar-refractivity contribution in [3.8, 4) is 11.8 Å². The highest BCUT2D eigenvalue weighted by molar-refractivity contribution is 6.14.